The van der Waals surface area contributed by atoms with E-state index in [0.717, 1.165) is 12.8 Å². The van der Waals surface area contributed by atoms with E-state index in [4.69, 9.17) is 39.0 Å². The Balaban J connectivity index is 1.94. The van der Waals surface area contributed by atoms with Crippen molar-refractivity contribution >= 4 is 28.8 Å². The number of thiocarbonyl (C=S) groups is 1. The zero-order valence-corrected chi connectivity index (χ0v) is 11.8. The summed E-state index contributed by atoms with van der Waals surface area (Å²) in [7, 11) is 0. The highest BCUT2D eigenvalue weighted by atomic mass is 35.5. The van der Waals surface area contributed by atoms with Crippen LogP contribution in [-0.4, -0.2) is 23.8 Å². The average molecular weight is 286 g/mol. The van der Waals surface area contributed by atoms with Gasteiger partial charge in [-0.05, 0) is 38.0 Å². The normalized spacial score (nSPS) is 23.0. The monoisotopic (exact) mass is 285 g/mol. The third-order valence-electron chi connectivity index (χ3n) is 2.96. The molecule has 2 rings (SSSR count). The first-order valence-corrected chi connectivity index (χ1v) is 6.72. The summed E-state index contributed by atoms with van der Waals surface area (Å²) in [4.78, 5) is 0.291. The Morgan fingerprint density at radius 2 is 2.33 bits per heavy atom. The van der Waals surface area contributed by atoms with E-state index in [0.29, 0.717) is 34.0 Å². The van der Waals surface area contributed by atoms with Crippen LogP contribution < -0.4 is 10.5 Å². The first kappa shape index (κ1) is 13.6. The van der Waals surface area contributed by atoms with Gasteiger partial charge in [0, 0.05) is 5.56 Å². The van der Waals surface area contributed by atoms with E-state index in [2.05, 4.69) is 6.92 Å². The second kappa shape index (κ2) is 5.87. The maximum Gasteiger partial charge on any atom is 0.120 e. The summed E-state index contributed by atoms with van der Waals surface area (Å²) in [6.45, 7) is 2.63. The van der Waals surface area contributed by atoms with Crippen molar-refractivity contribution < 1.29 is 9.47 Å². The molecular formula is C13H16ClNO2S. The second-order valence-electron chi connectivity index (χ2n) is 4.46. The van der Waals surface area contributed by atoms with Gasteiger partial charge >= 0.3 is 0 Å². The summed E-state index contributed by atoms with van der Waals surface area (Å²) < 4.78 is 11.3. The number of hydrogen-bond acceptors (Lipinski definition) is 3. The van der Waals surface area contributed by atoms with Crippen molar-refractivity contribution in [1.82, 2.24) is 0 Å². The standard InChI is InChI=1S/C13H16ClNO2S/c1-8-2-3-10(17-8)7-16-9-4-5-11(13(15)18)12(14)6-9/h4-6,8,10H,2-3,7H2,1H3,(H2,15,18). The van der Waals surface area contributed by atoms with Crippen molar-refractivity contribution in [3.63, 3.8) is 0 Å². The van der Waals surface area contributed by atoms with Crippen molar-refractivity contribution in [1.29, 1.82) is 0 Å². The van der Waals surface area contributed by atoms with Crippen LogP contribution in [0.5, 0.6) is 5.75 Å². The zero-order chi connectivity index (χ0) is 13.1. The number of halogens is 1. The van der Waals surface area contributed by atoms with E-state index >= 15 is 0 Å². The summed E-state index contributed by atoms with van der Waals surface area (Å²) in [6, 6.07) is 5.32. The summed E-state index contributed by atoms with van der Waals surface area (Å²) >= 11 is 11.0. The third-order valence-corrected chi connectivity index (χ3v) is 3.49. The van der Waals surface area contributed by atoms with E-state index in [1.807, 2.05) is 6.07 Å². The molecule has 0 spiro atoms. The van der Waals surface area contributed by atoms with Gasteiger partial charge in [-0.25, -0.2) is 0 Å². The topological polar surface area (TPSA) is 44.5 Å². The lowest BCUT2D eigenvalue weighted by Gasteiger charge is -2.13. The van der Waals surface area contributed by atoms with Crippen LogP contribution in [-0.2, 0) is 4.74 Å². The Morgan fingerprint density at radius 3 is 2.89 bits per heavy atom. The Labute approximate surface area is 117 Å². The molecule has 0 amide bonds. The fraction of sp³-hybridized carbons (Fsp3) is 0.462. The molecule has 2 atom stereocenters. The first-order valence-electron chi connectivity index (χ1n) is 5.94. The predicted octanol–water partition coefficient (Wildman–Crippen LogP) is 2.92. The highest BCUT2D eigenvalue weighted by molar-refractivity contribution is 7.80. The van der Waals surface area contributed by atoms with Gasteiger partial charge in [-0.2, -0.15) is 0 Å². The molecular weight excluding hydrogens is 270 g/mol. The number of hydrogen-bond donors (Lipinski definition) is 1. The molecule has 5 heteroatoms. The van der Waals surface area contributed by atoms with E-state index in [-0.39, 0.29) is 6.10 Å². The Hall–Kier alpha value is -0.840. The minimum absolute atomic E-state index is 0.175. The quantitative estimate of drug-likeness (QED) is 0.864. The molecule has 3 nitrogen and oxygen atoms in total. The van der Waals surface area contributed by atoms with Crippen LogP contribution in [0.2, 0.25) is 5.02 Å². The molecule has 1 fully saturated rings. The lowest BCUT2D eigenvalue weighted by molar-refractivity contribution is 0.0264. The molecule has 1 aliphatic rings. The fourth-order valence-electron chi connectivity index (χ4n) is 1.98. The van der Waals surface area contributed by atoms with Crippen LogP contribution in [0.15, 0.2) is 18.2 Å². The SMILES string of the molecule is CC1CCC(COc2ccc(C(N)=S)c(Cl)c2)O1. The van der Waals surface area contributed by atoms with Crippen LogP contribution in [0.3, 0.4) is 0 Å². The lowest BCUT2D eigenvalue weighted by Crippen LogP contribution is -2.18. The summed E-state index contributed by atoms with van der Waals surface area (Å²) in [6.07, 6.45) is 2.64. The molecule has 1 saturated heterocycles. The van der Waals surface area contributed by atoms with Gasteiger partial charge in [-0.1, -0.05) is 23.8 Å². The maximum absolute atomic E-state index is 6.06. The molecule has 0 saturated carbocycles. The molecule has 0 aliphatic carbocycles. The molecule has 2 unspecified atom stereocenters. The van der Waals surface area contributed by atoms with E-state index < -0.39 is 0 Å². The van der Waals surface area contributed by atoms with Crippen molar-refractivity contribution in [2.24, 2.45) is 5.73 Å². The Morgan fingerprint density at radius 1 is 1.56 bits per heavy atom. The molecule has 1 heterocycles. The number of ether oxygens (including phenoxy) is 2. The molecule has 0 radical (unpaired) electrons. The largest absolute Gasteiger partial charge is 0.491 e. The van der Waals surface area contributed by atoms with E-state index in [1.165, 1.54) is 0 Å². The minimum atomic E-state index is 0.175. The smallest absolute Gasteiger partial charge is 0.120 e. The van der Waals surface area contributed by atoms with Crippen LogP contribution in [0.4, 0.5) is 0 Å². The number of nitrogens with two attached hydrogens (primary N) is 1. The highest BCUT2D eigenvalue weighted by Gasteiger charge is 2.22. The van der Waals surface area contributed by atoms with Gasteiger partial charge in [0.2, 0.25) is 0 Å². The van der Waals surface area contributed by atoms with Gasteiger partial charge in [0.1, 0.15) is 17.3 Å². The Bertz CT molecular complexity index is 453. The molecule has 2 N–H and O–H groups in total. The van der Waals surface area contributed by atoms with Gasteiger partial charge < -0.3 is 15.2 Å². The summed E-state index contributed by atoms with van der Waals surface area (Å²) in [5, 5.41) is 0.515. The van der Waals surface area contributed by atoms with Crippen LogP contribution in [0, 0.1) is 0 Å². The summed E-state index contributed by atoms with van der Waals surface area (Å²) in [5.74, 6) is 0.711. The van der Waals surface area contributed by atoms with Crippen molar-refractivity contribution in [2.75, 3.05) is 6.61 Å². The molecule has 1 aromatic rings. The van der Waals surface area contributed by atoms with Gasteiger partial charge in [0.15, 0.2) is 0 Å². The number of benzene rings is 1. The molecule has 18 heavy (non-hydrogen) atoms. The van der Waals surface area contributed by atoms with Gasteiger partial charge in [-0.15, -0.1) is 0 Å². The van der Waals surface area contributed by atoms with Crippen LogP contribution in [0.1, 0.15) is 25.3 Å². The van der Waals surface area contributed by atoms with E-state index in [9.17, 15) is 0 Å². The number of rotatable bonds is 4. The van der Waals surface area contributed by atoms with Crippen molar-refractivity contribution in [2.45, 2.75) is 32.0 Å². The average Bonchev–Trinajstić information content (AvgIpc) is 2.72. The molecule has 1 aliphatic heterocycles. The highest BCUT2D eigenvalue weighted by Crippen LogP contribution is 2.24. The van der Waals surface area contributed by atoms with E-state index in [1.54, 1.807) is 12.1 Å². The third kappa shape index (κ3) is 3.34. The lowest BCUT2D eigenvalue weighted by atomic mass is 10.2. The van der Waals surface area contributed by atoms with Gasteiger partial charge in [0.05, 0.1) is 17.2 Å². The van der Waals surface area contributed by atoms with Gasteiger partial charge in [-0.3, -0.25) is 0 Å². The minimum Gasteiger partial charge on any atom is -0.491 e. The van der Waals surface area contributed by atoms with Crippen LogP contribution >= 0.6 is 23.8 Å². The molecule has 98 valence electrons. The fourth-order valence-corrected chi connectivity index (χ4v) is 2.49. The molecule has 0 aromatic heterocycles. The van der Waals surface area contributed by atoms with Gasteiger partial charge in [0.25, 0.3) is 0 Å². The van der Waals surface area contributed by atoms with Crippen molar-refractivity contribution in [3.05, 3.63) is 28.8 Å². The first-order chi connectivity index (χ1) is 8.56. The maximum atomic E-state index is 6.06. The second-order valence-corrected chi connectivity index (χ2v) is 5.31. The molecule has 0 bridgehead atoms. The Kier molecular flexibility index (Phi) is 4.43. The zero-order valence-electron chi connectivity index (χ0n) is 10.2. The van der Waals surface area contributed by atoms with Crippen LogP contribution in [0.25, 0.3) is 0 Å². The molecule has 1 aromatic carbocycles. The van der Waals surface area contributed by atoms with Crippen molar-refractivity contribution in [3.8, 4) is 5.75 Å². The predicted molar refractivity (Wildman–Crippen MR) is 76.4 cm³/mol. The summed E-state index contributed by atoms with van der Waals surface area (Å²) in [5.41, 5.74) is 6.21.